The number of fused-ring (bicyclic) bond motifs is 4. The topological polar surface area (TPSA) is 65.5 Å². The molecule has 4 aliphatic rings. The lowest BCUT2D eigenvalue weighted by Gasteiger charge is -2.33. The van der Waals surface area contributed by atoms with Crippen LogP contribution in [0.2, 0.25) is 0 Å². The molecule has 0 radical (unpaired) electrons. The SMILES string of the molecule is Fc1c(N2CC3CC2CN3)cc(Nc2ccc(C(F)F)cn2)nc1N1CC2CC1CO2. The fourth-order valence-electron chi connectivity index (χ4n) is 5.22. The van der Waals surface area contributed by atoms with Crippen molar-refractivity contribution in [2.75, 3.05) is 41.4 Å². The molecule has 0 aliphatic carbocycles. The number of piperazine rings is 1. The third-order valence-electron chi connectivity index (χ3n) is 6.75. The molecular weight excluding hydrogens is 409 g/mol. The highest BCUT2D eigenvalue weighted by Crippen LogP contribution is 2.40. The van der Waals surface area contributed by atoms with E-state index in [9.17, 15) is 8.78 Å². The first-order valence-electron chi connectivity index (χ1n) is 10.6. The largest absolute Gasteiger partial charge is 0.374 e. The van der Waals surface area contributed by atoms with Gasteiger partial charge in [0.1, 0.15) is 11.6 Å². The molecule has 6 rings (SSSR count). The average molecular weight is 432 g/mol. The van der Waals surface area contributed by atoms with Gasteiger partial charge in [0, 0.05) is 49.5 Å². The second-order valence-corrected chi connectivity index (χ2v) is 8.71. The van der Waals surface area contributed by atoms with Crippen molar-refractivity contribution in [3.8, 4) is 0 Å². The molecule has 4 unspecified atom stereocenters. The Bertz CT molecular complexity index is 941. The van der Waals surface area contributed by atoms with E-state index in [2.05, 4.69) is 25.5 Å². The smallest absolute Gasteiger partial charge is 0.265 e. The van der Waals surface area contributed by atoms with E-state index in [0.717, 1.165) is 32.1 Å². The summed E-state index contributed by atoms with van der Waals surface area (Å²) in [6.07, 6.45) is 0.555. The number of nitrogens with zero attached hydrogens (tertiary/aromatic N) is 4. The number of pyridine rings is 2. The van der Waals surface area contributed by atoms with Gasteiger partial charge in [0.05, 0.1) is 24.4 Å². The number of hydrogen-bond donors (Lipinski definition) is 2. The number of alkyl halides is 2. The molecule has 2 aromatic heterocycles. The first-order valence-corrected chi connectivity index (χ1v) is 10.6. The normalized spacial score (nSPS) is 28.9. The van der Waals surface area contributed by atoms with Crippen molar-refractivity contribution in [3.05, 3.63) is 35.8 Å². The molecule has 4 aliphatic heterocycles. The Morgan fingerprint density at radius 3 is 2.65 bits per heavy atom. The number of rotatable bonds is 5. The van der Waals surface area contributed by atoms with E-state index in [4.69, 9.17) is 4.74 Å². The summed E-state index contributed by atoms with van der Waals surface area (Å²) >= 11 is 0. The van der Waals surface area contributed by atoms with Gasteiger partial charge in [-0.2, -0.15) is 0 Å². The predicted molar refractivity (Wildman–Crippen MR) is 110 cm³/mol. The van der Waals surface area contributed by atoms with Crippen LogP contribution in [0.1, 0.15) is 24.8 Å². The zero-order valence-electron chi connectivity index (χ0n) is 16.8. The number of nitrogens with one attached hydrogen (secondary N) is 2. The van der Waals surface area contributed by atoms with Gasteiger partial charge in [-0.1, -0.05) is 0 Å². The zero-order valence-corrected chi connectivity index (χ0v) is 16.8. The molecule has 31 heavy (non-hydrogen) atoms. The molecule has 6 heterocycles. The van der Waals surface area contributed by atoms with E-state index in [1.165, 1.54) is 12.1 Å². The minimum Gasteiger partial charge on any atom is -0.374 e. The van der Waals surface area contributed by atoms with Crippen LogP contribution in [0.3, 0.4) is 0 Å². The van der Waals surface area contributed by atoms with Crippen molar-refractivity contribution < 1.29 is 17.9 Å². The van der Waals surface area contributed by atoms with E-state index >= 15 is 4.39 Å². The maximum Gasteiger partial charge on any atom is 0.265 e. The van der Waals surface area contributed by atoms with Crippen LogP contribution in [0.25, 0.3) is 0 Å². The molecule has 4 fully saturated rings. The van der Waals surface area contributed by atoms with E-state index in [0.29, 0.717) is 42.3 Å². The number of anilines is 4. The van der Waals surface area contributed by atoms with Gasteiger partial charge in [-0.25, -0.2) is 23.1 Å². The van der Waals surface area contributed by atoms with E-state index in [1.54, 1.807) is 6.07 Å². The summed E-state index contributed by atoms with van der Waals surface area (Å²) < 4.78 is 47.1. The summed E-state index contributed by atoms with van der Waals surface area (Å²) in [5, 5.41) is 6.52. The van der Waals surface area contributed by atoms with Gasteiger partial charge in [-0.3, -0.25) is 0 Å². The summed E-state index contributed by atoms with van der Waals surface area (Å²) in [5.74, 6) is 0.835. The lowest BCUT2D eigenvalue weighted by Crippen LogP contribution is -2.44. The molecule has 4 saturated heterocycles. The van der Waals surface area contributed by atoms with Gasteiger partial charge in [0.25, 0.3) is 6.43 Å². The Labute approximate surface area is 177 Å². The van der Waals surface area contributed by atoms with E-state index in [-0.39, 0.29) is 29.6 Å². The maximum absolute atomic E-state index is 15.8. The highest BCUT2D eigenvalue weighted by Gasteiger charge is 2.43. The number of aromatic nitrogens is 2. The molecule has 7 nitrogen and oxygen atoms in total. The van der Waals surface area contributed by atoms with Crippen LogP contribution in [0, 0.1) is 5.82 Å². The lowest BCUT2D eigenvalue weighted by atomic mass is 10.2. The van der Waals surface area contributed by atoms with Gasteiger partial charge >= 0.3 is 0 Å². The number of hydrogen-bond acceptors (Lipinski definition) is 7. The molecule has 4 bridgehead atoms. The van der Waals surface area contributed by atoms with Crippen LogP contribution in [0.15, 0.2) is 24.4 Å². The Morgan fingerprint density at radius 2 is 2.03 bits per heavy atom. The Kier molecular flexibility index (Phi) is 4.46. The standard InChI is InChI=1S/C21H23F3N6O/c22-19-16(29-8-12-3-13(29)7-25-12)5-18(27-17-2-1-11(6-26-17)20(23)24)28-21(19)30-9-15-4-14(30)10-31-15/h1-2,5-6,12-15,20,25H,3-4,7-10H2,(H,26,27,28). The number of ether oxygens (including phenoxy) is 1. The molecule has 0 spiro atoms. The second-order valence-electron chi connectivity index (χ2n) is 8.71. The van der Waals surface area contributed by atoms with Crippen LogP contribution < -0.4 is 20.4 Å². The molecule has 0 amide bonds. The highest BCUT2D eigenvalue weighted by atomic mass is 19.3. The molecule has 2 aromatic rings. The van der Waals surface area contributed by atoms with Gasteiger partial charge in [-0.05, 0) is 25.0 Å². The third-order valence-corrected chi connectivity index (χ3v) is 6.75. The molecule has 2 N–H and O–H groups in total. The zero-order chi connectivity index (χ0) is 21.1. The van der Waals surface area contributed by atoms with E-state index < -0.39 is 6.43 Å². The summed E-state index contributed by atoms with van der Waals surface area (Å²) in [7, 11) is 0. The van der Waals surface area contributed by atoms with Crippen molar-refractivity contribution >= 4 is 23.1 Å². The average Bonchev–Trinajstić information content (AvgIpc) is 3.57. The predicted octanol–water partition coefficient (Wildman–Crippen LogP) is 2.82. The van der Waals surface area contributed by atoms with Crippen LogP contribution in [0.4, 0.5) is 36.3 Å². The van der Waals surface area contributed by atoms with Gasteiger partial charge in [0.15, 0.2) is 11.6 Å². The molecule has 10 heteroatoms. The quantitative estimate of drug-likeness (QED) is 0.753. The second kappa shape index (κ2) is 7.23. The molecule has 4 atom stereocenters. The monoisotopic (exact) mass is 432 g/mol. The van der Waals surface area contributed by atoms with Crippen molar-refractivity contribution in [2.45, 2.75) is 43.5 Å². The fraction of sp³-hybridized carbons (Fsp3) is 0.524. The lowest BCUT2D eigenvalue weighted by molar-refractivity contribution is 0.0986. The van der Waals surface area contributed by atoms with Crippen molar-refractivity contribution in [3.63, 3.8) is 0 Å². The van der Waals surface area contributed by atoms with Crippen LogP contribution in [-0.4, -0.2) is 60.4 Å². The maximum atomic E-state index is 15.8. The minimum absolute atomic E-state index is 0.113. The summed E-state index contributed by atoms with van der Waals surface area (Å²) in [5.41, 5.74) is 0.377. The van der Waals surface area contributed by atoms with Crippen LogP contribution in [0.5, 0.6) is 0 Å². The van der Waals surface area contributed by atoms with Crippen LogP contribution >= 0.6 is 0 Å². The molecule has 164 valence electrons. The van der Waals surface area contributed by atoms with Crippen molar-refractivity contribution in [2.24, 2.45) is 0 Å². The molecular formula is C21H23F3N6O. The summed E-state index contributed by atoms with van der Waals surface area (Å²) in [6, 6.07) is 5.26. The molecule has 0 aromatic carbocycles. The van der Waals surface area contributed by atoms with Crippen molar-refractivity contribution in [1.82, 2.24) is 15.3 Å². The van der Waals surface area contributed by atoms with E-state index in [1.807, 2.05) is 4.90 Å². The van der Waals surface area contributed by atoms with Gasteiger partial charge < -0.3 is 25.2 Å². The first kappa shape index (κ1) is 19.1. The summed E-state index contributed by atoms with van der Waals surface area (Å²) in [6.45, 7) is 2.78. The van der Waals surface area contributed by atoms with Crippen molar-refractivity contribution in [1.29, 1.82) is 0 Å². The highest BCUT2D eigenvalue weighted by molar-refractivity contribution is 5.68. The fourth-order valence-corrected chi connectivity index (χ4v) is 5.22. The Balaban J connectivity index is 1.36. The third kappa shape index (κ3) is 3.28. The van der Waals surface area contributed by atoms with Crippen LogP contribution in [-0.2, 0) is 4.74 Å². The Morgan fingerprint density at radius 1 is 1.13 bits per heavy atom. The molecule has 0 saturated carbocycles. The Hall–Kier alpha value is -2.59. The number of halogens is 3. The van der Waals surface area contributed by atoms with Gasteiger partial charge in [-0.15, -0.1) is 0 Å². The minimum atomic E-state index is -2.57. The van der Waals surface area contributed by atoms with Gasteiger partial charge in [0.2, 0.25) is 0 Å². The number of morpholine rings is 1. The summed E-state index contributed by atoms with van der Waals surface area (Å²) in [4.78, 5) is 12.8. The first-order chi connectivity index (χ1) is 15.0.